The maximum absolute atomic E-state index is 10.2. The quantitative estimate of drug-likeness (QED) is 0.457. The summed E-state index contributed by atoms with van der Waals surface area (Å²) in [4.78, 5) is 10.2. The molecule has 0 fully saturated rings. The first-order valence-corrected chi connectivity index (χ1v) is 5.80. The van der Waals surface area contributed by atoms with Gasteiger partial charge in [0.25, 0.3) is 0 Å². The van der Waals surface area contributed by atoms with Gasteiger partial charge >= 0.3 is 5.97 Å². The Hall–Kier alpha value is -0.610. The van der Waals surface area contributed by atoms with Gasteiger partial charge in [0.1, 0.15) is 0 Å². The fraction of sp³-hybridized carbons (Fsp3) is 0.909. The molecule has 0 bridgehead atoms. The number of rotatable bonds is 11. The van der Waals surface area contributed by atoms with Crippen molar-refractivity contribution in [2.45, 2.75) is 44.9 Å². The predicted octanol–water partition coefficient (Wildman–Crippen LogP) is 1.38. The van der Waals surface area contributed by atoms with E-state index in [2.05, 4.69) is 5.32 Å². The Morgan fingerprint density at radius 3 is 2.20 bits per heavy atom. The van der Waals surface area contributed by atoms with E-state index >= 15 is 0 Å². The molecule has 0 rings (SSSR count). The molecule has 0 aliphatic rings. The molecular formula is C11H23NO3. The lowest BCUT2D eigenvalue weighted by Crippen LogP contribution is -2.17. The van der Waals surface area contributed by atoms with Crippen molar-refractivity contribution in [3.05, 3.63) is 0 Å². The van der Waals surface area contributed by atoms with Crippen molar-refractivity contribution in [1.82, 2.24) is 5.32 Å². The first-order valence-electron chi connectivity index (χ1n) is 5.80. The molecule has 0 aromatic heterocycles. The van der Waals surface area contributed by atoms with E-state index in [9.17, 15) is 4.79 Å². The number of aliphatic hydroxyl groups is 1. The minimum absolute atomic E-state index is 0.252. The van der Waals surface area contributed by atoms with Gasteiger partial charge in [0, 0.05) is 13.0 Å². The number of carbonyl (C=O) groups is 1. The summed E-state index contributed by atoms with van der Waals surface area (Å²) in [5, 5.41) is 20.2. The van der Waals surface area contributed by atoms with E-state index in [0.717, 1.165) is 51.6 Å². The molecule has 15 heavy (non-hydrogen) atoms. The summed E-state index contributed by atoms with van der Waals surface area (Å²) >= 11 is 0. The second kappa shape index (κ2) is 11.5. The van der Waals surface area contributed by atoms with Crippen molar-refractivity contribution in [1.29, 1.82) is 0 Å². The molecular weight excluding hydrogens is 194 g/mol. The van der Waals surface area contributed by atoms with Crippen LogP contribution in [0, 0.1) is 0 Å². The van der Waals surface area contributed by atoms with E-state index in [1.807, 2.05) is 0 Å². The van der Waals surface area contributed by atoms with Crippen LogP contribution in [0.2, 0.25) is 0 Å². The first kappa shape index (κ1) is 14.4. The number of carboxylic acid groups (broad SMARTS) is 1. The van der Waals surface area contributed by atoms with Crippen molar-refractivity contribution in [3.63, 3.8) is 0 Å². The Morgan fingerprint density at radius 2 is 1.53 bits per heavy atom. The molecule has 0 radical (unpaired) electrons. The zero-order chi connectivity index (χ0) is 11.4. The van der Waals surface area contributed by atoms with Crippen LogP contribution in [0.1, 0.15) is 44.9 Å². The van der Waals surface area contributed by atoms with Crippen molar-refractivity contribution >= 4 is 5.97 Å². The predicted molar refractivity (Wildman–Crippen MR) is 59.9 cm³/mol. The van der Waals surface area contributed by atoms with Gasteiger partial charge in [-0.15, -0.1) is 0 Å². The van der Waals surface area contributed by atoms with Crippen LogP contribution in [0.25, 0.3) is 0 Å². The van der Waals surface area contributed by atoms with Crippen molar-refractivity contribution in [3.8, 4) is 0 Å². The van der Waals surface area contributed by atoms with Gasteiger partial charge in [0.05, 0.1) is 0 Å². The van der Waals surface area contributed by atoms with Gasteiger partial charge in [-0.3, -0.25) is 4.79 Å². The van der Waals surface area contributed by atoms with E-state index in [-0.39, 0.29) is 6.61 Å². The van der Waals surface area contributed by atoms with Gasteiger partial charge in [-0.1, -0.05) is 19.3 Å². The van der Waals surface area contributed by atoms with Gasteiger partial charge in [-0.05, 0) is 32.4 Å². The lowest BCUT2D eigenvalue weighted by molar-refractivity contribution is -0.137. The maximum Gasteiger partial charge on any atom is 0.303 e. The van der Waals surface area contributed by atoms with Crippen LogP contribution in [0.5, 0.6) is 0 Å². The zero-order valence-electron chi connectivity index (χ0n) is 9.37. The molecule has 4 nitrogen and oxygen atoms in total. The van der Waals surface area contributed by atoms with E-state index in [1.54, 1.807) is 0 Å². The molecule has 0 atom stereocenters. The Bertz CT molecular complexity index is 151. The molecule has 3 N–H and O–H groups in total. The molecule has 0 saturated heterocycles. The third kappa shape index (κ3) is 13.4. The molecule has 4 heteroatoms. The number of carboxylic acids is 1. The second-order valence-electron chi connectivity index (χ2n) is 3.74. The lowest BCUT2D eigenvalue weighted by Gasteiger charge is -2.03. The molecule has 0 unspecified atom stereocenters. The number of hydrogen-bond donors (Lipinski definition) is 3. The lowest BCUT2D eigenvalue weighted by atomic mass is 10.1. The topological polar surface area (TPSA) is 69.6 Å². The van der Waals surface area contributed by atoms with Crippen LogP contribution in [0.4, 0.5) is 0 Å². The maximum atomic E-state index is 10.2. The third-order valence-electron chi connectivity index (χ3n) is 2.26. The largest absolute Gasteiger partial charge is 0.481 e. The average Bonchev–Trinajstić information content (AvgIpc) is 2.20. The molecule has 0 aromatic carbocycles. The molecule has 0 aliphatic carbocycles. The number of unbranched alkanes of at least 4 members (excludes halogenated alkanes) is 4. The molecule has 0 saturated carbocycles. The minimum atomic E-state index is -0.694. The van der Waals surface area contributed by atoms with Crippen molar-refractivity contribution in [2.75, 3.05) is 19.7 Å². The molecule has 90 valence electrons. The smallest absolute Gasteiger partial charge is 0.303 e. The van der Waals surface area contributed by atoms with Crippen LogP contribution in [-0.2, 0) is 4.79 Å². The highest BCUT2D eigenvalue weighted by atomic mass is 16.4. The summed E-state index contributed by atoms with van der Waals surface area (Å²) in [5.41, 5.74) is 0. The Labute approximate surface area is 91.7 Å². The van der Waals surface area contributed by atoms with Gasteiger partial charge in [-0.25, -0.2) is 0 Å². The highest BCUT2D eigenvalue weighted by molar-refractivity contribution is 5.66. The number of aliphatic hydroxyl groups excluding tert-OH is 1. The molecule has 0 amide bonds. The van der Waals surface area contributed by atoms with Gasteiger partial charge in [-0.2, -0.15) is 0 Å². The number of hydrogen-bond acceptors (Lipinski definition) is 3. The first-order chi connectivity index (χ1) is 7.27. The summed E-state index contributed by atoms with van der Waals surface area (Å²) in [5.74, 6) is -0.694. The number of aliphatic carboxylic acids is 1. The zero-order valence-corrected chi connectivity index (χ0v) is 9.37. The molecule has 0 heterocycles. The van der Waals surface area contributed by atoms with Gasteiger partial charge < -0.3 is 15.5 Å². The van der Waals surface area contributed by atoms with Gasteiger partial charge in [0.15, 0.2) is 0 Å². The molecule has 0 spiro atoms. The standard InChI is InChI=1S/C11H23NO3/c13-10-6-9-12-8-5-3-1-2-4-7-11(14)15/h12-13H,1-10H2,(H,14,15). The van der Waals surface area contributed by atoms with Crippen molar-refractivity contribution < 1.29 is 15.0 Å². The van der Waals surface area contributed by atoms with Crippen LogP contribution >= 0.6 is 0 Å². The fourth-order valence-corrected chi connectivity index (χ4v) is 1.39. The summed E-state index contributed by atoms with van der Waals surface area (Å²) in [6, 6.07) is 0. The van der Waals surface area contributed by atoms with Crippen molar-refractivity contribution in [2.24, 2.45) is 0 Å². The number of nitrogens with one attached hydrogen (secondary N) is 1. The minimum Gasteiger partial charge on any atom is -0.481 e. The second-order valence-corrected chi connectivity index (χ2v) is 3.74. The SMILES string of the molecule is O=C(O)CCCCCCCNCCCO. The Morgan fingerprint density at radius 1 is 0.933 bits per heavy atom. The Kier molecular flexibility index (Phi) is 11.0. The average molecular weight is 217 g/mol. The summed E-state index contributed by atoms with van der Waals surface area (Å²) in [6.45, 7) is 2.14. The molecule has 0 aliphatic heterocycles. The third-order valence-corrected chi connectivity index (χ3v) is 2.26. The monoisotopic (exact) mass is 217 g/mol. The van der Waals surface area contributed by atoms with E-state index in [0.29, 0.717) is 6.42 Å². The molecule has 0 aromatic rings. The Balaban J connectivity index is 2.89. The van der Waals surface area contributed by atoms with E-state index in [1.165, 1.54) is 0 Å². The van der Waals surface area contributed by atoms with E-state index < -0.39 is 5.97 Å². The van der Waals surface area contributed by atoms with Crippen LogP contribution < -0.4 is 5.32 Å². The highest BCUT2D eigenvalue weighted by Crippen LogP contribution is 2.04. The van der Waals surface area contributed by atoms with E-state index in [4.69, 9.17) is 10.2 Å². The van der Waals surface area contributed by atoms with Crippen LogP contribution in [-0.4, -0.2) is 35.9 Å². The normalized spacial score (nSPS) is 10.5. The summed E-state index contributed by atoms with van der Waals surface area (Å²) < 4.78 is 0. The van der Waals surface area contributed by atoms with Crippen LogP contribution in [0.15, 0.2) is 0 Å². The summed E-state index contributed by atoms with van der Waals surface area (Å²) in [7, 11) is 0. The fourth-order valence-electron chi connectivity index (χ4n) is 1.39. The van der Waals surface area contributed by atoms with Gasteiger partial charge in [0.2, 0.25) is 0 Å². The van der Waals surface area contributed by atoms with Crippen LogP contribution in [0.3, 0.4) is 0 Å². The summed E-state index contributed by atoms with van der Waals surface area (Å²) in [6.07, 6.45) is 6.35. The highest BCUT2D eigenvalue weighted by Gasteiger charge is 1.96.